The molecule has 3 aromatic heterocycles. The molecule has 1 saturated heterocycles. The van der Waals surface area contributed by atoms with Crippen LogP contribution in [0.3, 0.4) is 0 Å². The Hall–Kier alpha value is -2.46. The summed E-state index contributed by atoms with van der Waals surface area (Å²) in [5.74, 6) is 0.254. The zero-order valence-electron chi connectivity index (χ0n) is 19.5. The van der Waals surface area contributed by atoms with Gasteiger partial charge in [0, 0.05) is 38.3 Å². The number of rotatable bonds is 4. The molecule has 0 saturated carbocycles. The number of pyridine rings is 1. The van der Waals surface area contributed by atoms with E-state index in [0.717, 1.165) is 24.1 Å². The first-order chi connectivity index (χ1) is 14.9. The second kappa shape index (κ2) is 7.84. The second-order valence-corrected chi connectivity index (χ2v) is 11.8. The predicted octanol–water partition coefficient (Wildman–Crippen LogP) is 2.95. The molecule has 10 heteroatoms. The van der Waals surface area contributed by atoms with Gasteiger partial charge in [0.2, 0.25) is 10.0 Å². The van der Waals surface area contributed by atoms with Crippen LogP contribution in [0.2, 0.25) is 0 Å². The Morgan fingerprint density at radius 1 is 1.22 bits per heavy atom. The van der Waals surface area contributed by atoms with E-state index in [4.69, 9.17) is 9.51 Å². The molecule has 32 heavy (non-hydrogen) atoms. The lowest BCUT2D eigenvalue weighted by Crippen LogP contribution is -2.39. The maximum atomic E-state index is 13.3. The maximum absolute atomic E-state index is 13.3. The van der Waals surface area contributed by atoms with E-state index in [2.05, 4.69) is 25.9 Å². The van der Waals surface area contributed by atoms with Crippen LogP contribution < -0.4 is 5.69 Å². The van der Waals surface area contributed by atoms with E-state index in [1.807, 2.05) is 12.1 Å². The molecule has 0 aliphatic carbocycles. The smallest absolute Gasteiger partial charge is 0.330 e. The van der Waals surface area contributed by atoms with Crippen molar-refractivity contribution in [3.8, 4) is 0 Å². The number of imidazole rings is 1. The minimum Gasteiger partial charge on any atom is -0.360 e. The average molecular weight is 462 g/mol. The summed E-state index contributed by atoms with van der Waals surface area (Å²) >= 11 is 0. The standard InChI is InChI=1S/C22H31N5O4S/c1-14-19(15(2)31-24-14)32(29,30)26-11-7-8-16(12-26)17-9-10-18-20(23-17)25(6)21(28)27(18)13-22(3,4)5/h9-10,16H,7-8,11-13H2,1-6H3. The molecule has 4 heterocycles. The summed E-state index contributed by atoms with van der Waals surface area (Å²) in [5.41, 5.74) is 2.47. The van der Waals surface area contributed by atoms with Crippen molar-refractivity contribution < 1.29 is 12.9 Å². The van der Waals surface area contributed by atoms with Crippen LogP contribution in [0.25, 0.3) is 11.2 Å². The lowest BCUT2D eigenvalue weighted by atomic mass is 9.95. The van der Waals surface area contributed by atoms with Crippen LogP contribution in [0.1, 0.15) is 56.7 Å². The molecular formula is C22H31N5O4S. The highest BCUT2D eigenvalue weighted by Gasteiger charge is 2.35. The number of aryl methyl sites for hydroxylation is 3. The number of fused-ring (bicyclic) bond motifs is 1. The summed E-state index contributed by atoms with van der Waals surface area (Å²) in [6.07, 6.45) is 1.57. The second-order valence-electron chi connectivity index (χ2n) is 9.92. The van der Waals surface area contributed by atoms with E-state index in [0.29, 0.717) is 36.7 Å². The number of nitrogens with zero attached hydrogens (tertiary/aromatic N) is 5. The Morgan fingerprint density at radius 2 is 1.94 bits per heavy atom. The molecule has 1 aliphatic rings. The van der Waals surface area contributed by atoms with Crippen LogP contribution >= 0.6 is 0 Å². The normalized spacial score (nSPS) is 18.5. The Balaban J connectivity index is 1.68. The van der Waals surface area contributed by atoms with Gasteiger partial charge in [-0.25, -0.2) is 18.2 Å². The summed E-state index contributed by atoms with van der Waals surface area (Å²) in [5, 5.41) is 3.81. The summed E-state index contributed by atoms with van der Waals surface area (Å²) in [7, 11) is -1.97. The van der Waals surface area contributed by atoms with Crippen LogP contribution in [0.15, 0.2) is 26.3 Å². The van der Waals surface area contributed by atoms with Crippen molar-refractivity contribution in [2.75, 3.05) is 13.1 Å². The predicted molar refractivity (Wildman–Crippen MR) is 121 cm³/mol. The minimum atomic E-state index is -3.70. The van der Waals surface area contributed by atoms with E-state index in [1.54, 1.807) is 30.0 Å². The molecule has 174 valence electrons. The highest BCUT2D eigenvalue weighted by atomic mass is 32.2. The Bertz CT molecular complexity index is 1310. The first-order valence-electron chi connectivity index (χ1n) is 10.9. The van der Waals surface area contributed by atoms with Crippen molar-refractivity contribution in [2.45, 2.75) is 64.8 Å². The van der Waals surface area contributed by atoms with Crippen LogP contribution in [0, 0.1) is 19.3 Å². The van der Waals surface area contributed by atoms with Crippen molar-refractivity contribution >= 4 is 21.2 Å². The molecule has 0 aromatic carbocycles. The van der Waals surface area contributed by atoms with Crippen LogP contribution in [-0.2, 0) is 23.6 Å². The SMILES string of the molecule is Cc1noc(C)c1S(=O)(=O)N1CCCC(c2ccc3c(n2)n(C)c(=O)n3CC(C)(C)C)C1. The number of aromatic nitrogens is 4. The van der Waals surface area contributed by atoms with Gasteiger partial charge in [-0.2, -0.15) is 4.31 Å². The number of piperidine rings is 1. The highest BCUT2D eigenvalue weighted by molar-refractivity contribution is 7.89. The van der Waals surface area contributed by atoms with Crippen LogP contribution in [0.5, 0.6) is 0 Å². The maximum Gasteiger partial charge on any atom is 0.330 e. The topological polar surface area (TPSA) is 103 Å². The van der Waals surface area contributed by atoms with Gasteiger partial charge in [0.05, 0.1) is 5.52 Å². The third kappa shape index (κ3) is 3.90. The molecular weight excluding hydrogens is 430 g/mol. The molecule has 0 bridgehead atoms. The number of hydrogen-bond acceptors (Lipinski definition) is 6. The molecule has 0 spiro atoms. The molecule has 0 N–H and O–H groups in total. The Kier molecular flexibility index (Phi) is 5.57. The zero-order valence-corrected chi connectivity index (χ0v) is 20.4. The Morgan fingerprint density at radius 3 is 2.56 bits per heavy atom. The molecule has 1 fully saturated rings. The minimum absolute atomic E-state index is 0.0484. The van der Waals surface area contributed by atoms with Gasteiger partial charge in [0.15, 0.2) is 11.4 Å². The van der Waals surface area contributed by atoms with Gasteiger partial charge in [-0.05, 0) is 44.2 Å². The third-order valence-electron chi connectivity index (χ3n) is 6.00. The summed E-state index contributed by atoms with van der Waals surface area (Å²) < 4.78 is 36.5. The largest absolute Gasteiger partial charge is 0.360 e. The van der Waals surface area contributed by atoms with Gasteiger partial charge in [0.1, 0.15) is 10.6 Å². The van der Waals surface area contributed by atoms with Crippen molar-refractivity contribution in [3.05, 3.63) is 39.8 Å². The van der Waals surface area contributed by atoms with Gasteiger partial charge >= 0.3 is 5.69 Å². The molecule has 1 unspecified atom stereocenters. The lowest BCUT2D eigenvalue weighted by molar-refractivity contribution is 0.312. The van der Waals surface area contributed by atoms with Crippen molar-refractivity contribution in [3.63, 3.8) is 0 Å². The van der Waals surface area contributed by atoms with Crippen molar-refractivity contribution in [1.82, 2.24) is 23.6 Å². The highest BCUT2D eigenvalue weighted by Crippen LogP contribution is 2.32. The fourth-order valence-electron chi connectivity index (χ4n) is 4.52. The molecule has 9 nitrogen and oxygen atoms in total. The summed E-state index contributed by atoms with van der Waals surface area (Å²) in [4.78, 5) is 17.8. The number of sulfonamides is 1. The number of hydrogen-bond donors (Lipinski definition) is 0. The third-order valence-corrected chi connectivity index (χ3v) is 8.11. The van der Waals surface area contributed by atoms with Gasteiger partial charge in [-0.3, -0.25) is 9.13 Å². The summed E-state index contributed by atoms with van der Waals surface area (Å²) in [6.45, 7) is 10.9. The average Bonchev–Trinajstić information content (AvgIpc) is 3.18. The Labute approximate surface area is 188 Å². The van der Waals surface area contributed by atoms with E-state index < -0.39 is 10.0 Å². The fraction of sp³-hybridized carbons (Fsp3) is 0.591. The van der Waals surface area contributed by atoms with Crippen molar-refractivity contribution in [1.29, 1.82) is 0 Å². The molecule has 0 amide bonds. The van der Waals surface area contributed by atoms with E-state index in [9.17, 15) is 13.2 Å². The monoisotopic (exact) mass is 461 g/mol. The van der Waals surface area contributed by atoms with E-state index >= 15 is 0 Å². The van der Waals surface area contributed by atoms with Crippen molar-refractivity contribution in [2.24, 2.45) is 12.5 Å². The molecule has 0 radical (unpaired) electrons. The van der Waals surface area contributed by atoms with Gasteiger partial charge in [0.25, 0.3) is 0 Å². The van der Waals surface area contributed by atoms with Gasteiger partial charge in [-0.1, -0.05) is 25.9 Å². The van der Waals surface area contributed by atoms with E-state index in [-0.39, 0.29) is 21.9 Å². The quantitative estimate of drug-likeness (QED) is 0.592. The lowest BCUT2D eigenvalue weighted by Gasteiger charge is -2.31. The fourth-order valence-corrected chi connectivity index (χ4v) is 6.33. The molecule has 1 atom stereocenters. The zero-order chi connectivity index (χ0) is 23.4. The van der Waals surface area contributed by atoms with Gasteiger partial charge < -0.3 is 4.52 Å². The van der Waals surface area contributed by atoms with E-state index in [1.165, 1.54) is 4.31 Å². The van der Waals surface area contributed by atoms with Gasteiger partial charge in [-0.15, -0.1) is 0 Å². The molecule has 3 aromatic rings. The molecule has 1 aliphatic heterocycles. The van der Waals surface area contributed by atoms with Crippen LogP contribution in [-0.4, -0.2) is 45.1 Å². The molecule has 4 rings (SSSR count). The van der Waals surface area contributed by atoms with Crippen LogP contribution in [0.4, 0.5) is 0 Å². The summed E-state index contributed by atoms with van der Waals surface area (Å²) in [6, 6.07) is 3.87. The first-order valence-corrected chi connectivity index (χ1v) is 12.3. The first kappa shape index (κ1) is 22.7.